The number of pyridine rings is 2. The van der Waals surface area contributed by atoms with Crippen LogP contribution in [0.3, 0.4) is 0 Å². The van der Waals surface area contributed by atoms with Crippen molar-refractivity contribution in [1.82, 2.24) is 20.8 Å². The van der Waals surface area contributed by atoms with Gasteiger partial charge in [-0.2, -0.15) is 4.39 Å². The average molecular weight is 445 g/mol. The maximum atomic E-state index is 15.0. The van der Waals surface area contributed by atoms with Gasteiger partial charge in [-0.3, -0.25) is 15.2 Å². The first-order chi connectivity index (χ1) is 16.1. The molecule has 1 amide bonds. The van der Waals surface area contributed by atoms with Gasteiger partial charge in [0.2, 0.25) is 11.9 Å². The highest BCUT2D eigenvalue weighted by Crippen LogP contribution is 2.46. The lowest BCUT2D eigenvalue weighted by Gasteiger charge is -2.46. The molecule has 170 valence electrons. The van der Waals surface area contributed by atoms with Gasteiger partial charge in [-0.05, 0) is 93.0 Å². The third kappa shape index (κ3) is 4.12. The molecule has 1 unspecified atom stereocenters. The Morgan fingerprint density at radius 2 is 1.91 bits per heavy atom. The highest BCUT2D eigenvalue weighted by molar-refractivity contribution is 5.84. The maximum absolute atomic E-state index is 15.0. The summed E-state index contributed by atoms with van der Waals surface area (Å²) in [6, 6.07) is 13.5. The quantitative estimate of drug-likeness (QED) is 0.559. The van der Waals surface area contributed by atoms with Gasteiger partial charge < -0.3 is 0 Å². The Morgan fingerprint density at radius 3 is 2.70 bits per heavy atom. The van der Waals surface area contributed by atoms with Gasteiger partial charge in [0.1, 0.15) is 0 Å². The number of hydrogen-bond donors (Lipinski definition) is 2. The minimum absolute atomic E-state index is 0.0321. The molecule has 1 aromatic carbocycles. The summed E-state index contributed by atoms with van der Waals surface area (Å²) in [6.45, 7) is 0. The number of amides is 1. The molecular weight excluding hydrogens is 415 g/mol. The lowest BCUT2D eigenvalue weighted by molar-refractivity contribution is -0.132. The largest absolute Gasteiger partial charge is 0.291 e. The van der Waals surface area contributed by atoms with E-state index in [1.165, 1.54) is 12.8 Å². The van der Waals surface area contributed by atoms with Gasteiger partial charge >= 0.3 is 0 Å². The van der Waals surface area contributed by atoms with Crippen LogP contribution in [-0.4, -0.2) is 21.4 Å². The average Bonchev–Trinajstić information content (AvgIpc) is 3.68. The van der Waals surface area contributed by atoms with Crippen LogP contribution in [0.5, 0.6) is 0 Å². The summed E-state index contributed by atoms with van der Waals surface area (Å²) >= 11 is 0. The molecule has 0 radical (unpaired) electrons. The topological polar surface area (TPSA) is 66.9 Å². The summed E-state index contributed by atoms with van der Waals surface area (Å²) in [5.41, 5.74) is 9.33. The number of aromatic nitrogens is 2. The normalized spacial score (nSPS) is 27.6. The number of hydrogen-bond acceptors (Lipinski definition) is 4. The Kier molecular flexibility index (Phi) is 5.13. The minimum Gasteiger partial charge on any atom is -0.291 e. The van der Waals surface area contributed by atoms with Crippen LogP contribution in [0.2, 0.25) is 0 Å². The van der Waals surface area contributed by atoms with Crippen molar-refractivity contribution >= 4 is 16.8 Å². The molecule has 1 spiro atoms. The molecule has 6 rings (SSSR count). The molecule has 3 fully saturated rings. The van der Waals surface area contributed by atoms with Crippen molar-refractivity contribution in [2.24, 2.45) is 17.8 Å². The molecule has 3 aliphatic rings. The van der Waals surface area contributed by atoms with Gasteiger partial charge in [-0.15, -0.1) is 0 Å². The van der Waals surface area contributed by atoms with Crippen molar-refractivity contribution in [3.8, 4) is 11.1 Å². The molecule has 6 heteroatoms. The number of carbonyl (C=O) groups excluding carboxylic acids is 1. The van der Waals surface area contributed by atoms with E-state index in [0.717, 1.165) is 60.7 Å². The summed E-state index contributed by atoms with van der Waals surface area (Å²) in [7, 11) is 0. The maximum Gasteiger partial charge on any atom is 0.237 e. The fourth-order valence-corrected chi connectivity index (χ4v) is 5.82. The van der Waals surface area contributed by atoms with Crippen LogP contribution in [0, 0.1) is 23.7 Å². The van der Waals surface area contributed by atoms with Crippen LogP contribution < -0.4 is 10.9 Å². The number of hydrazine groups is 1. The van der Waals surface area contributed by atoms with Crippen LogP contribution >= 0.6 is 0 Å². The molecule has 1 aliphatic heterocycles. The third-order valence-electron chi connectivity index (χ3n) is 7.97. The number of fused-ring (bicyclic) bond motifs is 1. The number of halogens is 1. The Morgan fingerprint density at radius 1 is 1.06 bits per heavy atom. The van der Waals surface area contributed by atoms with E-state index in [9.17, 15) is 9.18 Å². The van der Waals surface area contributed by atoms with Gasteiger partial charge in [0, 0.05) is 34.3 Å². The molecular formula is C27H29FN4O. The van der Waals surface area contributed by atoms with Crippen LogP contribution in [0.1, 0.15) is 50.6 Å². The van der Waals surface area contributed by atoms with E-state index < -0.39 is 5.95 Å². The lowest BCUT2D eigenvalue weighted by Crippen LogP contribution is -2.63. The van der Waals surface area contributed by atoms with Gasteiger partial charge in [0.05, 0.1) is 5.52 Å². The van der Waals surface area contributed by atoms with Gasteiger partial charge in [0.25, 0.3) is 0 Å². The molecule has 33 heavy (non-hydrogen) atoms. The SMILES string of the molecule is O=C1NNC2(CCC(Cc3ccc(-c4ccc5cccnc5c4)c(F)n3)CC2)CC1C1CC1. The van der Waals surface area contributed by atoms with Crippen molar-refractivity contribution in [2.45, 2.75) is 56.9 Å². The molecule has 1 atom stereocenters. The first-order valence-electron chi connectivity index (χ1n) is 12.2. The van der Waals surface area contributed by atoms with Gasteiger partial charge in [-0.25, -0.2) is 10.4 Å². The molecule has 1 saturated heterocycles. The van der Waals surface area contributed by atoms with Crippen molar-refractivity contribution in [2.75, 3.05) is 0 Å². The predicted molar refractivity (Wildman–Crippen MR) is 125 cm³/mol. The Labute approximate surface area is 193 Å². The van der Waals surface area contributed by atoms with E-state index >= 15 is 0 Å². The zero-order chi connectivity index (χ0) is 22.4. The van der Waals surface area contributed by atoms with Crippen LogP contribution in [0.25, 0.3) is 22.0 Å². The number of rotatable bonds is 4. The van der Waals surface area contributed by atoms with E-state index in [4.69, 9.17) is 0 Å². The molecule has 3 aromatic rings. The number of carbonyl (C=O) groups is 1. The first-order valence-corrected chi connectivity index (χ1v) is 12.2. The zero-order valence-corrected chi connectivity index (χ0v) is 18.7. The highest BCUT2D eigenvalue weighted by atomic mass is 19.1. The monoisotopic (exact) mass is 444 g/mol. The van der Waals surface area contributed by atoms with Crippen LogP contribution in [0.4, 0.5) is 4.39 Å². The smallest absolute Gasteiger partial charge is 0.237 e. The Balaban J connectivity index is 1.11. The van der Waals surface area contributed by atoms with Gasteiger partial charge in [-0.1, -0.05) is 18.2 Å². The molecule has 5 nitrogen and oxygen atoms in total. The number of nitrogens with one attached hydrogen (secondary N) is 2. The standard InChI is InChI=1S/C27H29FN4O/c28-25-22(20-6-5-19-2-1-13-29-24(19)15-20)8-7-21(30-25)14-17-9-11-27(12-10-17)16-23(18-3-4-18)26(33)31-32-27/h1-2,5-8,13,15,17-18,23,32H,3-4,9-12,14,16H2,(H,31,33). The van der Waals surface area contributed by atoms with Crippen molar-refractivity contribution < 1.29 is 9.18 Å². The number of benzene rings is 1. The first kappa shape index (κ1) is 20.7. The van der Waals surface area contributed by atoms with E-state index in [-0.39, 0.29) is 17.4 Å². The molecule has 2 aliphatic carbocycles. The number of nitrogens with zero attached hydrogens (tertiary/aromatic N) is 2. The second-order valence-electron chi connectivity index (χ2n) is 10.2. The third-order valence-corrected chi connectivity index (χ3v) is 7.97. The highest BCUT2D eigenvalue weighted by Gasteiger charge is 2.47. The second kappa shape index (κ2) is 8.17. The second-order valence-corrected chi connectivity index (χ2v) is 10.2. The zero-order valence-electron chi connectivity index (χ0n) is 18.7. The molecule has 2 N–H and O–H groups in total. The van der Waals surface area contributed by atoms with E-state index in [1.807, 2.05) is 42.5 Å². The Hall–Kier alpha value is -2.86. The summed E-state index contributed by atoms with van der Waals surface area (Å²) < 4.78 is 15.0. The summed E-state index contributed by atoms with van der Waals surface area (Å²) in [6.07, 6.45) is 10.1. The summed E-state index contributed by atoms with van der Waals surface area (Å²) in [4.78, 5) is 20.9. The fourth-order valence-electron chi connectivity index (χ4n) is 5.82. The predicted octanol–water partition coefficient (Wildman–Crippen LogP) is 4.96. The summed E-state index contributed by atoms with van der Waals surface area (Å²) in [5.74, 6) is 1.02. The van der Waals surface area contributed by atoms with Crippen LogP contribution in [0.15, 0.2) is 48.7 Å². The van der Waals surface area contributed by atoms with E-state index in [1.54, 1.807) is 6.20 Å². The van der Waals surface area contributed by atoms with Crippen LogP contribution in [-0.2, 0) is 11.2 Å². The van der Waals surface area contributed by atoms with Crippen molar-refractivity contribution in [1.29, 1.82) is 0 Å². The van der Waals surface area contributed by atoms with E-state index in [0.29, 0.717) is 17.4 Å². The minimum atomic E-state index is -0.418. The molecule has 2 saturated carbocycles. The molecule has 3 heterocycles. The fraction of sp³-hybridized carbons (Fsp3) is 0.444. The van der Waals surface area contributed by atoms with Crippen molar-refractivity contribution in [3.05, 3.63) is 60.3 Å². The Bertz CT molecular complexity index is 1200. The molecule has 0 bridgehead atoms. The summed E-state index contributed by atoms with van der Waals surface area (Å²) in [5, 5.41) is 1.04. The van der Waals surface area contributed by atoms with Crippen molar-refractivity contribution in [3.63, 3.8) is 0 Å². The van der Waals surface area contributed by atoms with E-state index in [2.05, 4.69) is 20.8 Å². The lowest BCUT2D eigenvalue weighted by atomic mass is 9.70. The molecule has 2 aromatic heterocycles. The van der Waals surface area contributed by atoms with Gasteiger partial charge in [0.15, 0.2) is 0 Å².